The number of rotatable bonds is 6. The number of hydrogen-bond acceptors (Lipinski definition) is 8. The maximum Gasteiger partial charge on any atom is 0.334 e. The van der Waals surface area contributed by atoms with E-state index in [0.717, 1.165) is 5.56 Å². The average Bonchev–Trinajstić information content (AvgIpc) is 3.11. The first kappa shape index (κ1) is 43.6. The van der Waals surface area contributed by atoms with Gasteiger partial charge in [0.05, 0.1) is 12.6 Å². The summed E-state index contributed by atoms with van der Waals surface area (Å²) in [5, 5.41) is 5.46. The van der Waals surface area contributed by atoms with Gasteiger partial charge in [0.25, 0.3) is 5.91 Å². The van der Waals surface area contributed by atoms with Crippen molar-refractivity contribution in [3.05, 3.63) is 47.5 Å². The van der Waals surface area contributed by atoms with Crippen molar-refractivity contribution in [2.75, 3.05) is 27.7 Å². The first-order chi connectivity index (χ1) is 24.4. The average molecular weight is 726 g/mol. The molecule has 0 bridgehead atoms. The molecule has 0 fully saturated rings. The summed E-state index contributed by atoms with van der Waals surface area (Å²) in [7, 11) is 4.43. The van der Waals surface area contributed by atoms with Crippen LogP contribution in [0.3, 0.4) is 0 Å². The van der Waals surface area contributed by atoms with Crippen LogP contribution in [0.5, 0.6) is 0 Å². The molecule has 13 heteroatoms. The maximum atomic E-state index is 14.0. The van der Waals surface area contributed by atoms with Crippen molar-refractivity contribution in [1.82, 2.24) is 25.3 Å². The number of nitrogens with zero attached hydrogens (tertiary/aromatic N) is 3. The molecular weight excluding hydrogens is 666 g/mol. The van der Waals surface area contributed by atoms with Crippen LogP contribution in [0.15, 0.2) is 42.0 Å². The molecule has 6 atom stereocenters. The third kappa shape index (κ3) is 12.6. The number of ether oxygens (including phenoxy) is 1. The van der Waals surface area contributed by atoms with Crippen molar-refractivity contribution in [1.29, 1.82) is 0 Å². The Morgan fingerprint density at radius 3 is 2.10 bits per heavy atom. The molecule has 0 aliphatic carbocycles. The lowest BCUT2D eigenvalue weighted by molar-refractivity contribution is -0.154. The number of Topliss-reactive ketones (excluding diaryl/α,β-unsaturated/α-hetero) is 1. The van der Waals surface area contributed by atoms with E-state index in [0.29, 0.717) is 19.3 Å². The minimum Gasteiger partial charge on any atom is -0.449 e. The second kappa shape index (κ2) is 20.5. The van der Waals surface area contributed by atoms with E-state index in [2.05, 4.69) is 10.6 Å². The lowest BCUT2D eigenvalue weighted by Gasteiger charge is -2.34. The number of ketones is 1. The van der Waals surface area contributed by atoms with E-state index in [1.165, 1.54) is 42.8 Å². The van der Waals surface area contributed by atoms with Gasteiger partial charge < -0.3 is 30.1 Å². The number of hydrogen-bond donors (Lipinski definition) is 2. The first-order valence-corrected chi connectivity index (χ1v) is 18.2. The molecule has 1 aliphatic rings. The SMILES string of the molecule is CCC(C)C1NC(=O)CN(C)C(=O)[C@@H](Cc2ccccc2)N(C)C(=O)[C@H](C)NC(=O)[C@@H](CC(C)C)OC(=O)/C(C)=C/CCCC(=O)[C@@H](C)N(C)C1=O. The van der Waals surface area contributed by atoms with Gasteiger partial charge in [0, 0.05) is 39.6 Å². The highest BCUT2D eigenvalue weighted by atomic mass is 16.5. The van der Waals surface area contributed by atoms with E-state index < -0.39 is 72.3 Å². The zero-order chi connectivity index (χ0) is 39.3. The van der Waals surface area contributed by atoms with Gasteiger partial charge in [0.15, 0.2) is 11.9 Å². The van der Waals surface area contributed by atoms with Crippen molar-refractivity contribution < 1.29 is 38.3 Å². The first-order valence-electron chi connectivity index (χ1n) is 18.2. The van der Waals surface area contributed by atoms with Gasteiger partial charge in [-0.1, -0.05) is 70.5 Å². The lowest BCUT2D eigenvalue weighted by atomic mass is 9.96. The highest BCUT2D eigenvalue weighted by molar-refractivity contribution is 5.96. The third-order valence-electron chi connectivity index (χ3n) is 9.68. The van der Waals surface area contributed by atoms with E-state index >= 15 is 0 Å². The fraction of sp³-hybridized carbons (Fsp3) is 0.615. The van der Waals surface area contributed by atoms with Gasteiger partial charge in [-0.3, -0.25) is 28.8 Å². The molecule has 1 aliphatic heterocycles. The van der Waals surface area contributed by atoms with Gasteiger partial charge in [-0.25, -0.2) is 4.79 Å². The zero-order valence-electron chi connectivity index (χ0n) is 32.6. The minimum atomic E-state index is -1.18. The second-order valence-electron chi connectivity index (χ2n) is 14.4. The summed E-state index contributed by atoms with van der Waals surface area (Å²) in [6.07, 6.45) is 2.31. The molecule has 13 nitrogen and oxygen atoms in total. The van der Waals surface area contributed by atoms with Crippen LogP contribution >= 0.6 is 0 Å². The van der Waals surface area contributed by atoms with Crippen LogP contribution in [-0.2, 0) is 44.7 Å². The van der Waals surface area contributed by atoms with Crippen LogP contribution in [0.25, 0.3) is 0 Å². The van der Waals surface area contributed by atoms with Crippen molar-refractivity contribution in [3.8, 4) is 0 Å². The number of nitrogens with one attached hydrogen (secondary N) is 2. The Morgan fingerprint density at radius 2 is 1.50 bits per heavy atom. The number of allylic oxidation sites excluding steroid dienone is 1. The third-order valence-corrected chi connectivity index (χ3v) is 9.68. The Hall–Kier alpha value is -4.55. The molecule has 0 saturated carbocycles. The summed E-state index contributed by atoms with van der Waals surface area (Å²) in [5.74, 6) is -3.90. The minimum absolute atomic E-state index is 0.0209. The van der Waals surface area contributed by atoms with Gasteiger partial charge in [-0.15, -0.1) is 0 Å². The number of likely N-dealkylation sites (N-methyl/N-ethyl adjacent to an activating group) is 3. The van der Waals surface area contributed by atoms with E-state index in [1.807, 2.05) is 58.0 Å². The molecule has 1 heterocycles. The van der Waals surface area contributed by atoms with Crippen LogP contribution in [0.2, 0.25) is 0 Å². The summed E-state index contributed by atoms with van der Waals surface area (Å²) in [4.78, 5) is 98.4. The molecule has 52 heavy (non-hydrogen) atoms. The van der Waals surface area contributed by atoms with Crippen molar-refractivity contribution >= 4 is 41.3 Å². The second-order valence-corrected chi connectivity index (χ2v) is 14.4. The number of esters is 1. The molecule has 2 unspecified atom stereocenters. The molecule has 2 rings (SSSR count). The molecule has 0 saturated heterocycles. The fourth-order valence-corrected chi connectivity index (χ4v) is 5.88. The Kier molecular flexibility index (Phi) is 17.2. The fourth-order valence-electron chi connectivity index (χ4n) is 5.88. The van der Waals surface area contributed by atoms with E-state index in [9.17, 15) is 33.6 Å². The molecular formula is C39H59N5O8. The van der Waals surface area contributed by atoms with Crippen LogP contribution in [0, 0.1) is 11.8 Å². The van der Waals surface area contributed by atoms with E-state index in [4.69, 9.17) is 4.74 Å². The summed E-state index contributed by atoms with van der Waals surface area (Å²) in [5.41, 5.74) is 1.04. The smallest absolute Gasteiger partial charge is 0.334 e. The molecule has 288 valence electrons. The largest absolute Gasteiger partial charge is 0.449 e. The molecule has 0 radical (unpaired) electrons. The highest BCUT2D eigenvalue weighted by Crippen LogP contribution is 2.17. The van der Waals surface area contributed by atoms with Crippen molar-refractivity contribution in [3.63, 3.8) is 0 Å². The topological polar surface area (TPSA) is 162 Å². The van der Waals surface area contributed by atoms with Crippen LogP contribution in [0.4, 0.5) is 0 Å². The monoisotopic (exact) mass is 725 g/mol. The molecule has 0 aromatic heterocycles. The Balaban J connectivity index is 2.54. The number of carbonyl (C=O) groups excluding carboxylic acids is 7. The zero-order valence-corrected chi connectivity index (χ0v) is 32.6. The van der Waals surface area contributed by atoms with Crippen LogP contribution in [-0.4, -0.2) is 114 Å². The van der Waals surface area contributed by atoms with Gasteiger partial charge in [-0.05, 0) is 57.4 Å². The molecule has 1 aromatic rings. The Bertz CT molecular complexity index is 1460. The summed E-state index contributed by atoms with van der Waals surface area (Å²) < 4.78 is 5.62. The summed E-state index contributed by atoms with van der Waals surface area (Å²) in [6.45, 7) is 11.8. The van der Waals surface area contributed by atoms with Gasteiger partial charge in [0.1, 0.15) is 18.1 Å². The summed E-state index contributed by atoms with van der Waals surface area (Å²) in [6, 6.07) is 5.23. The molecule has 1 aromatic carbocycles. The Morgan fingerprint density at radius 1 is 0.865 bits per heavy atom. The molecule has 0 spiro atoms. The highest BCUT2D eigenvalue weighted by Gasteiger charge is 2.36. The standard InChI is InChI=1S/C39H59N5O8/c1-11-25(4)34-38(50)43(9)28(7)31(45)20-16-15-17-26(5)39(51)52-32(21-24(2)3)35(47)40-27(6)36(48)44(10)30(22-29-18-13-12-14-19-29)37(49)42(8)23-33(46)41-34/h12-14,17-19,24-25,27-28,30,32,34H,11,15-16,20-23H2,1-10H3,(H,40,47)(H,41,46)/b26-17+/t25?,27-,28+,30+,32+,34?/m0/s1. The van der Waals surface area contributed by atoms with E-state index in [-0.39, 0.29) is 42.5 Å². The number of carbonyl (C=O) groups is 7. The normalized spacial score (nSPS) is 26.3. The van der Waals surface area contributed by atoms with Crippen LogP contribution < -0.4 is 10.6 Å². The number of cyclic esters (lactones) is 1. The summed E-state index contributed by atoms with van der Waals surface area (Å²) >= 11 is 0. The quantitative estimate of drug-likeness (QED) is 0.423. The maximum absolute atomic E-state index is 14.0. The van der Waals surface area contributed by atoms with Crippen molar-refractivity contribution in [2.24, 2.45) is 11.8 Å². The van der Waals surface area contributed by atoms with E-state index in [1.54, 1.807) is 19.9 Å². The molecule has 5 amide bonds. The molecule has 2 N–H and O–H groups in total. The number of benzene rings is 1. The van der Waals surface area contributed by atoms with Crippen molar-refractivity contribution in [2.45, 2.75) is 117 Å². The number of amides is 5. The van der Waals surface area contributed by atoms with Gasteiger partial charge in [-0.2, -0.15) is 0 Å². The van der Waals surface area contributed by atoms with Gasteiger partial charge in [0.2, 0.25) is 23.6 Å². The van der Waals surface area contributed by atoms with Crippen LogP contribution in [0.1, 0.15) is 86.1 Å². The predicted molar refractivity (Wildman–Crippen MR) is 198 cm³/mol. The van der Waals surface area contributed by atoms with Gasteiger partial charge >= 0.3 is 5.97 Å². The predicted octanol–water partition coefficient (Wildman–Crippen LogP) is 3.05. The Labute approximate surface area is 308 Å². The lowest BCUT2D eigenvalue weighted by Crippen LogP contribution is -2.57.